The van der Waals surface area contributed by atoms with Crippen molar-refractivity contribution in [3.05, 3.63) is 29.3 Å². The SMILES string of the molecule is N#CC1(NC(=O)O)CC1.O=S(=O)(c1ccccc1Cl)[C@@H]1CC[C@@H](O)C1. The zero-order valence-corrected chi connectivity index (χ0v) is 14.9. The summed E-state index contributed by atoms with van der Waals surface area (Å²) in [6, 6.07) is 8.33. The standard InChI is InChI=1S/C11H13ClO3S.C5H6N2O2/c12-10-3-1-2-4-11(10)16(14,15)9-6-5-8(13)7-9;6-3-5(1-2-5)7-4(8)9/h1-4,8-9,13H,5-7H2;7H,1-2H2,(H,8,9)/t8-,9-;/m1./s1. The number of rotatable bonds is 3. The number of hydrogen-bond donors (Lipinski definition) is 3. The van der Waals surface area contributed by atoms with Crippen LogP contribution in [0.1, 0.15) is 32.1 Å². The maximum absolute atomic E-state index is 12.2. The van der Waals surface area contributed by atoms with Crippen molar-refractivity contribution in [3.8, 4) is 6.07 Å². The number of carbonyl (C=O) groups is 1. The maximum Gasteiger partial charge on any atom is 0.405 e. The molecule has 3 N–H and O–H groups in total. The molecule has 3 rings (SSSR count). The lowest BCUT2D eigenvalue weighted by atomic mass is 10.3. The summed E-state index contributed by atoms with van der Waals surface area (Å²) < 4.78 is 24.4. The number of halogens is 1. The van der Waals surface area contributed by atoms with Crippen molar-refractivity contribution >= 4 is 27.5 Å². The minimum Gasteiger partial charge on any atom is -0.465 e. The molecule has 0 aliphatic heterocycles. The molecular formula is C16H19ClN2O5S. The van der Waals surface area contributed by atoms with Gasteiger partial charge in [0.1, 0.15) is 5.54 Å². The smallest absolute Gasteiger partial charge is 0.405 e. The van der Waals surface area contributed by atoms with E-state index >= 15 is 0 Å². The molecule has 2 atom stereocenters. The summed E-state index contributed by atoms with van der Waals surface area (Å²) in [5.41, 5.74) is -0.730. The fraction of sp³-hybridized carbons (Fsp3) is 0.500. The van der Waals surface area contributed by atoms with Gasteiger partial charge in [0.25, 0.3) is 0 Å². The second-order valence-corrected chi connectivity index (χ2v) is 8.79. The van der Waals surface area contributed by atoms with Crippen molar-refractivity contribution in [2.45, 2.75) is 53.9 Å². The van der Waals surface area contributed by atoms with Gasteiger partial charge in [0.05, 0.1) is 27.3 Å². The molecule has 0 spiro atoms. The summed E-state index contributed by atoms with van der Waals surface area (Å²) in [5, 5.41) is 27.8. The molecule has 7 nitrogen and oxygen atoms in total. The first kappa shape index (κ1) is 19.5. The van der Waals surface area contributed by atoms with E-state index in [-0.39, 0.29) is 9.92 Å². The topological polar surface area (TPSA) is 127 Å². The first-order valence-corrected chi connectivity index (χ1v) is 9.71. The van der Waals surface area contributed by atoms with E-state index in [1.807, 2.05) is 6.07 Å². The molecule has 1 aromatic rings. The number of sulfone groups is 1. The van der Waals surface area contributed by atoms with Gasteiger partial charge >= 0.3 is 6.09 Å². The van der Waals surface area contributed by atoms with Crippen LogP contribution in [0.15, 0.2) is 29.2 Å². The molecule has 0 aromatic heterocycles. The fourth-order valence-corrected chi connectivity index (χ4v) is 5.00. The van der Waals surface area contributed by atoms with E-state index in [1.165, 1.54) is 6.07 Å². The third-order valence-electron chi connectivity index (χ3n) is 4.25. The third kappa shape index (κ3) is 4.84. The van der Waals surface area contributed by atoms with Gasteiger partial charge in [-0.3, -0.25) is 0 Å². The van der Waals surface area contributed by atoms with E-state index in [2.05, 4.69) is 5.32 Å². The van der Waals surface area contributed by atoms with E-state index in [1.54, 1.807) is 18.2 Å². The van der Waals surface area contributed by atoms with Gasteiger partial charge in [-0.25, -0.2) is 13.2 Å². The number of amides is 1. The molecule has 2 aliphatic rings. The van der Waals surface area contributed by atoms with Crippen LogP contribution in [0.4, 0.5) is 4.79 Å². The molecule has 0 bridgehead atoms. The van der Waals surface area contributed by atoms with Gasteiger partial charge in [-0.1, -0.05) is 23.7 Å². The molecular weight excluding hydrogens is 368 g/mol. The number of aliphatic hydroxyl groups is 1. The number of aliphatic hydroxyl groups excluding tert-OH is 1. The van der Waals surface area contributed by atoms with Crippen LogP contribution >= 0.6 is 11.6 Å². The van der Waals surface area contributed by atoms with Crippen molar-refractivity contribution < 1.29 is 23.4 Å². The highest BCUT2D eigenvalue weighted by Crippen LogP contribution is 2.34. The van der Waals surface area contributed by atoms with Crippen LogP contribution in [0.5, 0.6) is 0 Å². The summed E-state index contributed by atoms with van der Waals surface area (Å²) in [4.78, 5) is 10.1. The second-order valence-electron chi connectivity index (χ2n) is 6.19. The highest BCUT2D eigenvalue weighted by atomic mass is 35.5. The van der Waals surface area contributed by atoms with Gasteiger partial charge < -0.3 is 15.5 Å². The second kappa shape index (κ2) is 7.60. The predicted octanol–water partition coefficient (Wildman–Crippen LogP) is 2.34. The Kier molecular flexibility index (Phi) is 5.93. The molecule has 0 unspecified atom stereocenters. The van der Waals surface area contributed by atoms with E-state index in [0.29, 0.717) is 32.1 Å². The molecule has 9 heteroatoms. The maximum atomic E-state index is 12.2. The van der Waals surface area contributed by atoms with Gasteiger partial charge in [0.2, 0.25) is 0 Å². The van der Waals surface area contributed by atoms with Crippen molar-refractivity contribution in [1.82, 2.24) is 5.32 Å². The van der Waals surface area contributed by atoms with Crippen molar-refractivity contribution in [1.29, 1.82) is 5.26 Å². The average molecular weight is 387 g/mol. The van der Waals surface area contributed by atoms with Crippen LogP contribution in [0.25, 0.3) is 0 Å². The monoisotopic (exact) mass is 386 g/mol. The molecule has 2 aliphatic carbocycles. The molecule has 1 aromatic carbocycles. The largest absolute Gasteiger partial charge is 0.465 e. The Morgan fingerprint density at radius 2 is 1.96 bits per heavy atom. The highest BCUT2D eigenvalue weighted by molar-refractivity contribution is 7.92. The van der Waals surface area contributed by atoms with Gasteiger partial charge in [-0.2, -0.15) is 5.26 Å². The van der Waals surface area contributed by atoms with E-state index in [4.69, 9.17) is 22.0 Å². The van der Waals surface area contributed by atoms with Gasteiger partial charge in [0, 0.05) is 0 Å². The summed E-state index contributed by atoms with van der Waals surface area (Å²) in [5.74, 6) is 0. The Labute approximate surface area is 151 Å². The van der Waals surface area contributed by atoms with Crippen molar-refractivity contribution in [3.63, 3.8) is 0 Å². The van der Waals surface area contributed by atoms with Crippen LogP contribution in [0.3, 0.4) is 0 Å². The molecule has 1 amide bonds. The lowest BCUT2D eigenvalue weighted by Gasteiger charge is -2.12. The number of hydrogen-bond acceptors (Lipinski definition) is 5. The molecule has 0 radical (unpaired) electrons. The van der Waals surface area contributed by atoms with Gasteiger partial charge in [-0.15, -0.1) is 0 Å². The minimum absolute atomic E-state index is 0.177. The average Bonchev–Trinajstić information content (AvgIpc) is 3.17. The normalized spacial score (nSPS) is 23.7. The Bertz CT molecular complexity index is 786. The fourth-order valence-electron chi connectivity index (χ4n) is 2.65. The van der Waals surface area contributed by atoms with Gasteiger partial charge in [0.15, 0.2) is 9.84 Å². The molecule has 0 heterocycles. The minimum atomic E-state index is -3.39. The highest BCUT2D eigenvalue weighted by Gasteiger charge is 2.44. The van der Waals surface area contributed by atoms with Crippen LogP contribution < -0.4 is 5.32 Å². The lowest BCUT2D eigenvalue weighted by molar-refractivity contribution is 0.183. The van der Waals surface area contributed by atoms with Crippen molar-refractivity contribution in [2.75, 3.05) is 0 Å². The number of benzene rings is 1. The molecule has 0 saturated heterocycles. The Balaban J connectivity index is 0.000000212. The Morgan fingerprint density at radius 1 is 1.32 bits per heavy atom. The zero-order chi connectivity index (χ0) is 18.7. The van der Waals surface area contributed by atoms with Crippen LogP contribution in [0, 0.1) is 11.3 Å². The summed E-state index contributed by atoms with van der Waals surface area (Å²) in [6.45, 7) is 0. The molecule has 2 saturated carbocycles. The molecule has 25 heavy (non-hydrogen) atoms. The number of nitrogens with one attached hydrogen (secondary N) is 1. The van der Waals surface area contributed by atoms with Crippen LogP contribution in [-0.4, -0.2) is 41.6 Å². The Hall–Kier alpha value is -1.82. The van der Waals surface area contributed by atoms with Gasteiger partial charge in [-0.05, 0) is 44.2 Å². The Morgan fingerprint density at radius 3 is 2.36 bits per heavy atom. The summed E-state index contributed by atoms with van der Waals surface area (Å²) in [6.07, 6.45) is 1.05. The van der Waals surface area contributed by atoms with Crippen LogP contribution in [0.2, 0.25) is 5.02 Å². The lowest BCUT2D eigenvalue weighted by Crippen LogP contribution is -2.33. The predicted molar refractivity (Wildman–Crippen MR) is 91.0 cm³/mol. The van der Waals surface area contributed by atoms with E-state index in [0.717, 1.165) is 0 Å². The van der Waals surface area contributed by atoms with Crippen LogP contribution in [-0.2, 0) is 9.84 Å². The molecule has 2 fully saturated rings. The third-order valence-corrected chi connectivity index (χ3v) is 6.97. The first-order valence-electron chi connectivity index (χ1n) is 7.79. The quantitative estimate of drug-likeness (QED) is 0.731. The van der Waals surface area contributed by atoms with E-state index < -0.39 is 32.8 Å². The van der Waals surface area contributed by atoms with Crippen molar-refractivity contribution in [2.24, 2.45) is 0 Å². The zero-order valence-electron chi connectivity index (χ0n) is 13.4. The first-order chi connectivity index (χ1) is 11.7. The number of nitrogens with zero attached hydrogens (tertiary/aromatic N) is 1. The summed E-state index contributed by atoms with van der Waals surface area (Å²) in [7, 11) is -3.39. The number of carboxylic acid groups (broad SMARTS) is 1. The number of nitriles is 1. The summed E-state index contributed by atoms with van der Waals surface area (Å²) >= 11 is 5.88. The molecule has 136 valence electrons. The van der Waals surface area contributed by atoms with E-state index in [9.17, 15) is 18.3 Å².